The molecular formula is C19H29N3O5. The molecule has 1 fully saturated rings. The van der Waals surface area contributed by atoms with Gasteiger partial charge in [-0.1, -0.05) is 0 Å². The van der Waals surface area contributed by atoms with Crippen molar-refractivity contribution in [1.82, 2.24) is 10.2 Å². The van der Waals surface area contributed by atoms with E-state index in [4.69, 9.17) is 14.6 Å². The molecule has 0 aliphatic carbocycles. The Bertz CT molecular complexity index is 644. The maximum absolute atomic E-state index is 12.7. The number of hydrogen-bond donors (Lipinski definition) is 3. The molecule has 150 valence electrons. The van der Waals surface area contributed by atoms with Crippen LogP contribution in [0.3, 0.4) is 0 Å². The number of amides is 2. The molecule has 8 nitrogen and oxygen atoms in total. The molecule has 1 unspecified atom stereocenters. The molecule has 1 saturated heterocycles. The molecule has 1 aromatic carbocycles. The van der Waals surface area contributed by atoms with Crippen LogP contribution in [0.15, 0.2) is 18.2 Å². The van der Waals surface area contributed by atoms with Crippen LogP contribution in [0.25, 0.3) is 0 Å². The highest BCUT2D eigenvalue weighted by Crippen LogP contribution is 2.29. The number of rotatable bonds is 8. The number of ether oxygens (including phenoxy) is 2. The SMILES string of the molecule is COc1ccc(OC)c(NC(=O)C(C)N2CCC(C(=O)NCCO)CC2)c1. The van der Waals surface area contributed by atoms with Gasteiger partial charge in [0.1, 0.15) is 11.5 Å². The van der Waals surface area contributed by atoms with E-state index >= 15 is 0 Å². The second-order valence-corrected chi connectivity index (χ2v) is 6.56. The fraction of sp³-hybridized carbons (Fsp3) is 0.579. The number of nitrogens with zero attached hydrogens (tertiary/aromatic N) is 1. The Kier molecular flexibility index (Phi) is 7.87. The van der Waals surface area contributed by atoms with Crippen molar-refractivity contribution in [2.45, 2.75) is 25.8 Å². The van der Waals surface area contributed by atoms with Crippen molar-refractivity contribution in [3.05, 3.63) is 18.2 Å². The highest BCUT2D eigenvalue weighted by atomic mass is 16.5. The van der Waals surface area contributed by atoms with Gasteiger partial charge in [-0.15, -0.1) is 0 Å². The van der Waals surface area contributed by atoms with Crippen molar-refractivity contribution >= 4 is 17.5 Å². The Hall–Kier alpha value is -2.32. The molecule has 0 radical (unpaired) electrons. The number of likely N-dealkylation sites (tertiary alicyclic amines) is 1. The third kappa shape index (κ3) is 5.58. The first-order valence-corrected chi connectivity index (χ1v) is 9.15. The minimum absolute atomic E-state index is 0.0260. The molecule has 0 saturated carbocycles. The molecule has 1 aliphatic heterocycles. The Morgan fingerprint density at radius 3 is 2.56 bits per heavy atom. The van der Waals surface area contributed by atoms with Crippen molar-refractivity contribution in [3.8, 4) is 11.5 Å². The molecule has 1 aromatic rings. The van der Waals surface area contributed by atoms with Gasteiger partial charge in [0.2, 0.25) is 11.8 Å². The van der Waals surface area contributed by atoms with E-state index in [0.29, 0.717) is 43.1 Å². The van der Waals surface area contributed by atoms with Gasteiger partial charge in [-0.25, -0.2) is 0 Å². The zero-order valence-electron chi connectivity index (χ0n) is 16.2. The summed E-state index contributed by atoms with van der Waals surface area (Å²) in [5.41, 5.74) is 0.562. The average molecular weight is 379 g/mol. The molecule has 0 aromatic heterocycles. The predicted octanol–water partition coefficient (Wildman–Crippen LogP) is 0.851. The molecule has 27 heavy (non-hydrogen) atoms. The lowest BCUT2D eigenvalue weighted by atomic mass is 9.95. The summed E-state index contributed by atoms with van der Waals surface area (Å²) in [5.74, 6) is 0.970. The van der Waals surface area contributed by atoms with Crippen molar-refractivity contribution in [2.24, 2.45) is 5.92 Å². The van der Waals surface area contributed by atoms with Gasteiger partial charge in [-0.2, -0.15) is 0 Å². The van der Waals surface area contributed by atoms with Gasteiger partial charge in [0, 0.05) is 18.5 Å². The van der Waals surface area contributed by atoms with Crippen LogP contribution < -0.4 is 20.1 Å². The largest absolute Gasteiger partial charge is 0.497 e. The van der Waals surface area contributed by atoms with Gasteiger partial charge < -0.3 is 25.2 Å². The Morgan fingerprint density at radius 1 is 1.26 bits per heavy atom. The van der Waals surface area contributed by atoms with E-state index in [1.807, 2.05) is 6.92 Å². The summed E-state index contributed by atoms with van der Waals surface area (Å²) >= 11 is 0. The first kappa shape index (κ1) is 21.0. The van der Waals surface area contributed by atoms with E-state index < -0.39 is 0 Å². The molecule has 0 bridgehead atoms. The van der Waals surface area contributed by atoms with Crippen molar-refractivity contribution < 1.29 is 24.2 Å². The summed E-state index contributed by atoms with van der Waals surface area (Å²) in [6.07, 6.45) is 1.38. The lowest BCUT2D eigenvalue weighted by Gasteiger charge is -2.34. The number of carbonyl (C=O) groups excluding carboxylic acids is 2. The minimum atomic E-state index is -0.331. The van der Waals surface area contributed by atoms with Gasteiger partial charge in [0.25, 0.3) is 0 Å². The van der Waals surface area contributed by atoms with E-state index in [1.165, 1.54) is 0 Å². The monoisotopic (exact) mass is 379 g/mol. The number of benzene rings is 1. The summed E-state index contributed by atoms with van der Waals surface area (Å²) in [6, 6.07) is 4.91. The molecule has 3 N–H and O–H groups in total. The zero-order valence-corrected chi connectivity index (χ0v) is 16.2. The van der Waals surface area contributed by atoms with Crippen molar-refractivity contribution in [3.63, 3.8) is 0 Å². The normalized spacial score (nSPS) is 16.4. The third-order valence-corrected chi connectivity index (χ3v) is 4.90. The molecule has 2 rings (SSSR count). The maximum atomic E-state index is 12.7. The predicted molar refractivity (Wildman–Crippen MR) is 102 cm³/mol. The number of methoxy groups -OCH3 is 2. The fourth-order valence-electron chi connectivity index (χ4n) is 3.19. The van der Waals surface area contributed by atoms with Gasteiger partial charge in [-0.05, 0) is 45.0 Å². The maximum Gasteiger partial charge on any atom is 0.241 e. The topological polar surface area (TPSA) is 100 Å². The highest BCUT2D eigenvalue weighted by Gasteiger charge is 2.30. The fourth-order valence-corrected chi connectivity index (χ4v) is 3.19. The first-order chi connectivity index (χ1) is 13.0. The number of carbonyl (C=O) groups is 2. The van der Waals surface area contributed by atoms with Crippen LogP contribution in [0.4, 0.5) is 5.69 Å². The van der Waals surface area contributed by atoms with E-state index in [2.05, 4.69) is 15.5 Å². The minimum Gasteiger partial charge on any atom is -0.497 e. The Morgan fingerprint density at radius 2 is 1.96 bits per heavy atom. The van der Waals surface area contributed by atoms with E-state index in [0.717, 1.165) is 0 Å². The summed E-state index contributed by atoms with van der Waals surface area (Å²) in [4.78, 5) is 26.7. The van der Waals surface area contributed by atoms with Crippen LogP contribution >= 0.6 is 0 Å². The lowest BCUT2D eigenvalue weighted by Crippen LogP contribution is -2.48. The number of aliphatic hydroxyl groups excluding tert-OH is 1. The van der Waals surface area contributed by atoms with E-state index in [1.54, 1.807) is 32.4 Å². The van der Waals surface area contributed by atoms with Gasteiger partial charge in [0.05, 0.1) is 32.6 Å². The molecule has 1 heterocycles. The summed E-state index contributed by atoms with van der Waals surface area (Å²) < 4.78 is 10.5. The number of hydrogen-bond acceptors (Lipinski definition) is 6. The number of piperidine rings is 1. The Balaban J connectivity index is 1.92. The number of aliphatic hydroxyl groups is 1. The Labute approximate surface area is 159 Å². The smallest absolute Gasteiger partial charge is 0.241 e. The quantitative estimate of drug-likeness (QED) is 0.619. The second kappa shape index (κ2) is 10.1. The molecule has 0 spiro atoms. The second-order valence-electron chi connectivity index (χ2n) is 6.56. The highest BCUT2D eigenvalue weighted by molar-refractivity contribution is 5.96. The summed E-state index contributed by atoms with van der Waals surface area (Å²) in [7, 11) is 3.12. The van der Waals surface area contributed by atoms with Gasteiger partial charge in [-0.3, -0.25) is 14.5 Å². The van der Waals surface area contributed by atoms with Crippen LogP contribution in [0.5, 0.6) is 11.5 Å². The standard InChI is InChI=1S/C19H29N3O5/c1-13(22-9-6-14(7-10-22)19(25)20-8-11-23)18(24)21-16-12-15(26-2)4-5-17(16)27-3/h4-5,12-14,23H,6-11H2,1-3H3,(H,20,25)(H,21,24). The molecule has 1 atom stereocenters. The van der Waals surface area contributed by atoms with E-state index in [9.17, 15) is 9.59 Å². The van der Waals surface area contributed by atoms with Crippen LogP contribution in [0.2, 0.25) is 0 Å². The van der Waals surface area contributed by atoms with Crippen LogP contribution in [0.1, 0.15) is 19.8 Å². The molecule has 1 aliphatic rings. The molecule has 2 amide bonds. The number of anilines is 1. The summed E-state index contributed by atoms with van der Waals surface area (Å²) in [5, 5.41) is 14.4. The van der Waals surface area contributed by atoms with E-state index in [-0.39, 0.29) is 36.9 Å². The lowest BCUT2D eigenvalue weighted by molar-refractivity contribution is -0.127. The van der Waals surface area contributed by atoms with Crippen LogP contribution in [-0.2, 0) is 9.59 Å². The first-order valence-electron chi connectivity index (χ1n) is 9.15. The van der Waals surface area contributed by atoms with Crippen LogP contribution in [0, 0.1) is 5.92 Å². The zero-order chi connectivity index (χ0) is 19.8. The third-order valence-electron chi connectivity index (χ3n) is 4.90. The number of nitrogens with one attached hydrogen (secondary N) is 2. The summed E-state index contributed by atoms with van der Waals surface area (Å²) in [6.45, 7) is 3.41. The van der Waals surface area contributed by atoms with Gasteiger partial charge in [0.15, 0.2) is 0 Å². The van der Waals surface area contributed by atoms with Gasteiger partial charge >= 0.3 is 0 Å². The average Bonchev–Trinajstić information content (AvgIpc) is 2.71. The molecular weight excluding hydrogens is 350 g/mol. The van der Waals surface area contributed by atoms with Crippen LogP contribution in [-0.4, -0.2) is 68.3 Å². The van der Waals surface area contributed by atoms with Crippen molar-refractivity contribution in [1.29, 1.82) is 0 Å². The molecule has 8 heteroatoms. The van der Waals surface area contributed by atoms with Crippen molar-refractivity contribution in [2.75, 3.05) is 45.8 Å².